The van der Waals surface area contributed by atoms with Gasteiger partial charge in [-0.25, -0.2) is 19.9 Å². The van der Waals surface area contributed by atoms with Crippen molar-refractivity contribution in [3.8, 4) is 84.7 Å². The Balaban J connectivity index is 1.19. The fourth-order valence-electron chi connectivity index (χ4n) is 7.83. The second-order valence-electron chi connectivity index (χ2n) is 14.1. The topological polar surface area (TPSA) is 75.3 Å². The summed E-state index contributed by atoms with van der Waals surface area (Å²) in [6, 6.07) is 70.3. The zero-order chi connectivity index (χ0) is 38.8. The molecule has 0 amide bonds. The highest BCUT2D eigenvalue weighted by Crippen LogP contribution is 2.43. The Labute approximate surface area is 336 Å². The Hall–Kier alpha value is -8.07. The first-order valence-corrected chi connectivity index (χ1v) is 19.2. The molecular formula is C53H33N5. The molecular weight excluding hydrogens is 707 g/mol. The standard InChI is InChI=1S/C53H33N5/c54-34-41-20-7-8-25-42(41)44-29-15-28-43(37-21-13-23-39(32-37)50-45-26-9-11-30-47(45)55-52(57-50)35-16-3-1-4-17-35)49(44)38-22-14-24-40(33-38)51-46-27-10-12-31-48(46)56-53(58-51)36-18-5-2-6-19-36/h1-33H. The Morgan fingerprint density at radius 3 is 1.36 bits per heavy atom. The van der Waals surface area contributed by atoms with Crippen LogP contribution in [0.5, 0.6) is 0 Å². The molecule has 0 atom stereocenters. The van der Waals surface area contributed by atoms with Crippen molar-refractivity contribution in [2.24, 2.45) is 0 Å². The quantitative estimate of drug-likeness (QED) is 0.163. The molecule has 10 aromatic rings. The van der Waals surface area contributed by atoms with Crippen molar-refractivity contribution in [3.05, 3.63) is 206 Å². The van der Waals surface area contributed by atoms with Gasteiger partial charge in [0, 0.05) is 38.6 Å². The monoisotopic (exact) mass is 739 g/mol. The van der Waals surface area contributed by atoms with E-state index in [2.05, 4.69) is 84.9 Å². The lowest BCUT2D eigenvalue weighted by atomic mass is 9.85. The van der Waals surface area contributed by atoms with Crippen LogP contribution in [0.15, 0.2) is 200 Å². The van der Waals surface area contributed by atoms with Crippen molar-refractivity contribution in [2.75, 3.05) is 0 Å². The molecule has 5 heteroatoms. The number of nitriles is 1. The normalized spacial score (nSPS) is 11.1. The maximum atomic E-state index is 10.3. The first-order valence-electron chi connectivity index (χ1n) is 19.2. The first kappa shape index (κ1) is 34.4. The van der Waals surface area contributed by atoms with Gasteiger partial charge in [-0.2, -0.15) is 5.26 Å². The second-order valence-corrected chi connectivity index (χ2v) is 14.1. The molecule has 0 aliphatic carbocycles. The average molecular weight is 740 g/mol. The van der Waals surface area contributed by atoms with Crippen LogP contribution in [0.3, 0.4) is 0 Å². The zero-order valence-electron chi connectivity index (χ0n) is 31.3. The van der Waals surface area contributed by atoms with Crippen LogP contribution in [0.1, 0.15) is 5.56 Å². The van der Waals surface area contributed by atoms with Crippen LogP contribution in [0.4, 0.5) is 0 Å². The van der Waals surface area contributed by atoms with E-state index in [0.717, 1.165) is 88.8 Å². The van der Waals surface area contributed by atoms with Crippen LogP contribution in [0.25, 0.3) is 100 Å². The Bertz CT molecular complexity index is 3190. The molecule has 0 fully saturated rings. The molecule has 0 aliphatic rings. The highest BCUT2D eigenvalue weighted by atomic mass is 14.9. The molecule has 8 aromatic carbocycles. The number of rotatable bonds is 7. The van der Waals surface area contributed by atoms with Gasteiger partial charge in [0.25, 0.3) is 0 Å². The van der Waals surface area contributed by atoms with Crippen LogP contribution < -0.4 is 0 Å². The molecule has 0 bridgehead atoms. The van der Waals surface area contributed by atoms with Crippen LogP contribution in [0.2, 0.25) is 0 Å². The highest BCUT2D eigenvalue weighted by Gasteiger charge is 2.20. The van der Waals surface area contributed by atoms with E-state index in [1.54, 1.807) is 0 Å². The minimum absolute atomic E-state index is 0.612. The van der Waals surface area contributed by atoms with Crippen molar-refractivity contribution in [3.63, 3.8) is 0 Å². The molecule has 5 nitrogen and oxygen atoms in total. The highest BCUT2D eigenvalue weighted by molar-refractivity contribution is 6.00. The van der Waals surface area contributed by atoms with Gasteiger partial charge in [-0.1, -0.05) is 170 Å². The molecule has 0 unspecified atom stereocenters. The van der Waals surface area contributed by atoms with E-state index in [9.17, 15) is 5.26 Å². The van der Waals surface area contributed by atoms with Crippen LogP contribution in [-0.2, 0) is 0 Å². The van der Waals surface area contributed by atoms with Crippen molar-refractivity contribution in [1.82, 2.24) is 19.9 Å². The minimum Gasteiger partial charge on any atom is -0.228 e. The molecule has 10 rings (SSSR count). The summed E-state index contributed by atoms with van der Waals surface area (Å²) in [4.78, 5) is 20.3. The van der Waals surface area contributed by atoms with Gasteiger partial charge in [0.1, 0.15) is 0 Å². The predicted molar refractivity (Wildman–Crippen MR) is 235 cm³/mol. The van der Waals surface area contributed by atoms with E-state index in [4.69, 9.17) is 19.9 Å². The number of benzene rings is 8. The third-order valence-electron chi connectivity index (χ3n) is 10.5. The minimum atomic E-state index is 0.612. The van der Waals surface area contributed by atoms with E-state index in [0.29, 0.717) is 17.2 Å². The summed E-state index contributed by atoms with van der Waals surface area (Å²) in [6.07, 6.45) is 0. The lowest BCUT2D eigenvalue weighted by Gasteiger charge is -2.19. The van der Waals surface area contributed by atoms with Gasteiger partial charge in [0.05, 0.1) is 34.1 Å². The van der Waals surface area contributed by atoms with Gasteiger partial charge in [-0.15, -0.1) is 0 Å². The van der Waals surface area contributed by atoms with Gasteiger partial charge in [0.2, 0.25) is 0 Å². The van der Waals surface area contributed by atoms with Gasteiger partial charge >= 0.3 is 0 Å². The molecule has 58 heavy (non-hydrogen) atoms. The summed E-state index contributed by atoms with van der Waals surface area (Å²) in [6.45, 7) is 0. The SMILES string of the molecule is N#Cc1ccccc1-c1cccc(-c2cccc(-c3nc(-c4ccccc4)nc4ccccc34)c2)c1-c1cccc(-c2nc(-c3ccccc3)nc3ccccc23)c1. The van der Waals surface area contributed by atoms with E-state index >= 15 is 0 Å². The Morgan fingerprint density at radius 1 is 0.328 bits per heavy atom. The Kier molecular flexibility index (Phi) is 8.83. The molecule has 2 heterocycles. The van der Waals surface area contributed by atoms with E-state index in [1.165, 1.54) is 0 Å². The second kappa shape index (κ2) is 14.9. The molecule has 0 spiro atoms. The van der Waals surface area contributed by atoms with E-state index in [-0.39, 0.29) is 0 Å². The third kappa shape index (κ3) is 6.35. The average Bonchev–Trinajstić information content (AvgIpc) is 3.31. The summed E-state index contributed by atoms with van der Waals surface area (Å²) in [7, 11) is 0. The Morgan fingerprint density at radius 2 is 0.759 bits per heavy atom. The number of fused-ring (bicyclic) bond motifs is 2. The number of para-hydroxylation sites is 2. The fraction of sp³-hybridized carbons (Fsp3) is 0. The number of hydrogen-bond donors (Lipinski definition) is 0. The third-order valence-corrected chi connectivity index (χ3v) is 10.5. The van der Waals surface area contributed by atoms with Gasteiger partial charge in [-0.05, 0) is 58.1 Å². The number of hydrogen-bond acceptors (Lipinski definition) is 5. The van der Waals surface area contributed by atoms with Crippen LogP contribution >= 0.6 is 0 Å². The largest absolute Gasteiger partial charge is 0.228 e. The van der Waals surface area contributed by atoms with Crippen LogP contribution in [0, 0.1) is 11.3 Å². The molecule has 0 radical (unpaired) electrons. The van der Waals surface area contributed by atoms with Crippen LogP contribution in [-0.4, -0.2) is 19.9 Å². The van der Waals surface area contributed by atoms with Crippen molar-refractivity contribution < 1.29 is 0 Å². The molecule has 270 valence electrons. The van der Waals surface area contributed by atoms with Crippen molar-refractivity contribution in [2.45, 2.75) is 0 Å². The molecule has 0 N–H and O–H groups in total. The number of nitrogens with zero attached hydrogens (tertiary/aromatic N) is 5. The zero-order valence-corrected chi connectivity index (χ0v) is 31.3. The van der Waals surface area contributed by atoms with E-state index < -0.39 is 0 Å². The van der Waals surface area contributed by atoms with Gasteiger partial charge in [0.15, 0.2) is 11.6 Å². The maximum Gasteiger partial charge on any atom is 0.160 e. The molecule has 0 saturated heterocycles. The smallest absolute Gasteiger partial charge is 0.160 e. The maximum absolute atomic E-state index is 10.3. The van der Waals surface area contributed by atoms with E-state index in [1.807, 2.05) is 121 Å². The first-order chi connectivity index (χ1) is 28.7. The summed E-state index contributed by atoms with van der Waals surface area (Å²) in [5.74, 6) is 1.35. The molecule has 0 aliphatic heterocycles. The number of aromatic nitrogens is 4. The summed E-state index contributed by atoms with van der Waals surface area (Å²) in [5, 5.41) is 12.3. The lowest BCUT2D eigenvalue weighted by Crippen LogP contribution is -1.97. The molecule has 0 saturated carbocycles. The van der Waals surface area contributed by atoms with Gasteiger partial charge < -0.3 is 0 Å². The predicted octanol–water partition coefficient (Wildman–Crippen LogP) is 13.1. The van der Waals surface area contributed by atoms with Crippen molar-refractivity contribution in [1.29, 1.82) is 5.26 Å². The molecule has 2 aromatic heterocycles. The fourth-order valence-corrected chi connectivity index (χ4v) is 7.83. The van der Waals surface area contributed by atoms with Crippen molar-refractivity contribution >= 4 is 21.8 Å². The summed E-state index contributed by atoms with van der Waals surface area (Å²) < 4.78 is 0. The summed E-state index contributed by atoms with van der Waals surface area (Å²) in [5.41, 5.74) is 13.9. The summed E-state index contributed by atoms with van der Waals surface area (Å²) >= 11 is 0. The lowest BCUT2D eigenvalue weighted by molar-refractivity contribution is 1.23. The van der Waals surface area contributed by atoms with Gasteiger partial charge in [-0.3, -0.25) is 0 Å².